The molecule has 152 valence electrons. The number of Topliss-reactive ketones (excluding diaryl/α,β-unsaturated/α-hetero) is 1. The summed E-state index contributed by atoms with van der Waals surface area (Å²) in [6.45, 7) is 5.01. The Hall–Kier alpha value is -0.900. The number of rotatable bonds is 14. The van der Waals surface area contributed by atoms with E-state index in [0.717, 1.165) is 38.5 Å². The van der Waals surface area contributed by atoms with E-state index in [4.69, 9.17) is 4.74 Å². The molecular weight excluding hydrogens is 328 g/mol. The first-order valence-corrected chi connectivity index (χ1v) is 10.9. The van der Waals surface area contributed by atoms with Gasteiger partial charge in [-0.25, -0.2) is 0 Å². The molecule has 3 unspecified atom stereocenters. The number of carbonyl (C=O) groups excluding carboxylic acids is 2. The van der Waals surface area contributed by atoms with E-state index in [1.165, 1.54) is 32.1 Å². The lowest BCUT2D eigenvalue weighted by molar-refractivity contribution is -0.151. The molecule has 3 atom stereocenters. The summed E-state index contributed by atoms with van der Waals surface area (Å²) in [6.07, 6.45) is 12.8. The van der Waals surface area contributed by atoms with E-state index in [0.29, 0.717) is 31.3 Å². The molecule has 1 N–H and O–H groups in total. The molecule has 0 radical (unpaired) electrons. The van der Waals surface area contributed by atoms with E-state index in [2.05, 4.69) is 13.8 Å². The van der Waals surface area contributed by atoms with Gasteiger partial charge in [0, 0.05) is 13.0 Å². The highest BCUT2D eigenvalue weighted by Gasteiger charge is 2.33. The monoisotopic (exact) mass is 368 g/mol. The Morgan fingerprint density at radius 1 is 1.12 bits per heavy atom. The number of esters is 1. The summed E-state index contributed by atoms with van der Waals surface area (Å²) < 4.78 is 5.31. The Labute approximate surface area is 160 Å². The van der Waals surface area contributed by atoms with E-state index in [1.807, 2.05) is 0 Å². The van der Waals surface area contributed by atoms with Crippen LogP contribution in [0.5, 0.6) is 0 Å². The van der Waals surface area contributed by atoms with E-state index < -0.39 is 5.92 Å². The lowest BCUT2D eigenvalue weighted by Crippen LogP contribution is -2.26. The van der Waals surface area contributed by atoms with Crippen LogP contribution in [0.1, 0.15) is 97.3 Å². The minimum Gasteiger partial charge on any atom is -0.465 e. The molecule has 0 aromatic heterocycles. The third-order valence-corrected chi connectivity index (χ3v) is 5.78. The van der Waals surface area contributed by atoms with Crippen molar-refractivity contribution in [1.29, 1.82) is 0 Å². The second-order valence-electron chi connectivity index (χ2n) is 7.99. The van der Waals surface area contributed by atoms with Crippen LogP contribution in [0.25, 0.3) is 0 Å². The van der Waals surface area contributed by atoms with Crippen LogP contribution in [0.2, 0.25) is 0 Å². The fourth-order valence-corrected chi connectivity index (χ4v) is 4.00. The van der Waals surface area contributed by atoms with Crippen molar-refractivity contribution in [2.45, 2.75) is 97.3 Å². The molecule has 1 heterocycles. The topological polar surface area (TPSA) is 63.6 Å². The molecule has 0 bridgehead atoms. The summed E-state index contributed by atoms with van der Waals surface area (Å²) >= 11 is 0. The quantitative estimate of drug-likeness (QED) is 0.264. The lowest BCUT2D eigenvalue weighted by Gasteiger charge is -2.19. The van der Waals surface area contributed by atoms with E-state index in [9.17, 15) is 14.7 Å². The molecule has 1 rings (SSSR count). The fraction of sp³-hybridized carbons (Fsp3) is 0.909. The molecule has 0 saturated carbocycles. The zero-order valence-corrected chi connectivity index (χ0v) is 17.0. The highest BCUT2D eigenvalue weighted by Crippen LogP contribution is 2.29. The number of hydrogen-bond acceptors (Lipinski definition) is 4. The lowest BCUT2D eigenvalue weighted by atomic mass is 9.84. The third kappa shape index (κ3) is 9.16. The van der Waals surface area contributed by atoms with Gasteiger partial charge in [-0.05, 0) is 37.5 Å². The van der Waals surface area contributed by atoms with Crippen LogP contribution in [0.4, 0.5) is 0 Å². The first-order chi connectivity index (χ1) is 12.6. The molecule has 0 spiro atoms. The first kappa shape index (κ1) is 23.1. The van der Waals surface area contributed by atoms with Crippen molar-refractivity contribution < 1.29 is 19.4 Å². The SMILES string of the molecule is CCCCCC(CCO)CCC(=O)C1CC(CCCCC)CCOC1=O. The zero-order valence-electron chi connectivity index (χ0n) is 17.0. The van der Waals surface area contributed by atoms with Crippen molar-refractivity contribution in [2.24, 2.45) is 17.8 Å². The first-order valence-electron chi connectivity index (χ1n) is 10.9. The average molecular weight is 369 g/mol. The second kappa shape index (κ2) is 14.2. The maximum Gasteiger partial charge on any atom is 0.316 e. The van der Waals surface area contributed by atoms with Crippen LogP contribution in [0.3, 0.4) is 0 Å². The Balaban J connectivity index is 2.50. The highest BCUT2D eigenvalue weighted by atomic mass is 16.5. The van der Waals surface area contributed by atoms with Crippen molar-refractivity contribution in [3.05, 3.63) is 0 Å². The van der Waals surface area contributed by atoms with Crippen molar-refractivity contribution in [3.63, 3.8) is 0 Å². The summed E-state index contributed by atoms with van der Waals surface area (Å²) in [5.74, 6) is 0.000410. The van der Waals surface area contributed by atoms with Crippen LogP contribution in [0.15, 0.2) is 0 Å². The predicted octanol–water partition coefficient (Wildman–Crippen LogP) is 5.06. The Kier molecular flexibility index (Phi) is 12.6. The van der Waals surface area contributed by atoms with Gasteiger partial charge >= 0.3 is 5.97 Å². The fourth-order valence-electron chi connectivity index (χ4n) is 4.00. The van der Waals surface area contributed by atoms with Crippen LogP contribution in [0, 0.1) is 17.8 Å². The number of aliphatic hydroxyl groups is 1. The van der Waals surface area contributed by atoms with Gasteiger partial charge in [0.2, 0.25) is 0 Å². The van der Waals surface area contributed by atoms with Gasteiger partial charge < -0.3 is 9.84 Å². The van der Waals surface area contributed by atoms with Gasteiger partial charge in [-0.2, -0.15) is 0 Å². The van der Waals surface area contributed by atoms with E-state index in [1.54, 1.807) is 0 Å². The number of unbranched alkanes of at least 4 members (excludes halogenated alkanes) is 4. The predicted molar refractivity (Wildman–Crippen MR) is 105 cm³/mol. The number of hydrogen-bond donors (Lipinski definition) is 1. The summed E-state index contributed by atoms with van der Waals surface area (Å²) in [4.78, 5) is 24.9. The summed E-state index contributed by atoms with van der Waals surface area (Å²) in [5.41, 5.74) is 0. The maximum atomic E-state index is 12.7. The van der Waals surface area contributed by atoms with Crippen LogP contribution in [-0.4, -0.2) is 30.1 Å². The Morgan fingerprint density at radius 2 is 1.85 bits per heavy atom. The molecule has 4 nitrogen and oxygen atoms in total. The number of cyclic esters (lactones) is 1. The summed E-state index contributed by atoms with van der Waals surface area (Å²) in [6, 6.07) is 0. The number of ether oxygens (including phenoxy) is 1. The van der Waals surface area contributed by atoms with Gasteiger partial charge in [0.1, 0.15) is 11.7 Å². The van der Waals surface area contributed by atoms with Crippen LogP contribution < -0.4 is 0 Å². The molecule has 0 aliphatic carbocycles. The Morgan fingerprint density at radius 3 is 2.54 bits per heavy atom. The number of ketones is 1. The molecule has 1 aliphatic rings. The molecule has 4 heteroatoms. The largest absolute Gasteiger partial charge is 0.465 e. The van der Waals surface area contributed by atoms with Crippen molar-refractivity contribution in [1.82, 2.24) is 0 Å². The van der Waals surface area contributed by atoms with Crippen molar-refractivity contribution in [3.8, 4) is 0 Å². The van der Waals surface area contributed by atoms with Gasteiger partial charge in [-0.3, -0.25) is 9.59 Å². The van der Waals surface area contributed by atoms with Gasteiger partial charge in [0.05, 0.1) is 6.61 Å². The maximum absolute atomic E-state index is 12.7. The number of carbonyl (C=O) groups is 2. The molecule has 1 fully saturated rings. The van der Waals surface area contributed by atoms with Crippen molar-refractivity contribution >= 4 is 11.8 Å². The average Bonchev–Trinajstić information content (AvgIpc) is 2.81. The normalized spacial score (nSPS) is 21.9. The molecule has 0 amide bonds. The molecule has 26 heavy (non-hydrogen) atoms. The molecule has 0 aromatic carbocycles. The van der Waals surface area contributed by atoms with E-state index >= 15 is 0 Å². The van der Waals surface area contributed by atoms with Crippen LogP contribution >= 0.6 is 0 Å². The van der Waals surface area contributed by atoms with Crippen LogP contribution in [-0.2, 0) is 14.3 Å². The van der Waals surface area contributed by atoms with E-state index in [-0.39, 0.29) is 18.4 Å². The molecule has 0 aromatic rings. The van der Waals surface area contributed by atoms with Gasteiger partial charge in [-0.15, -0.1) is 0 Å². The minimum absolute atomic E-state index is 0.0517. The third-order valence-electron chi connectivity index (χ3n) is 5.78. The molecule has 1 saturated heterocycles. The molecular formula is C22H40O4. The van der Waals surface area contributed by atoms with Crippen molar-refractivity contribution in [2.75, 3.05) is 13.2 Å². The van der Waals surface area contributed by atoms with Gasteiger partial charge in [0.15, 0.2) is 0 Å². The summed E-state index contributed by atoms with van der Waals surface area (Å²) in [7, 11) is 0. The highest BCUT2D eigenvalue weighted by molar-refractivity contribution is 5.99. The number of aliphatic hydroxyl groups excluding tert-OH is 1. The van der Waals surface area contributed by atoms with Gasteiger partial charge in [-0.1, -0.05) is 65.2 Å². The Bertz CT molecular complexity index is 394. The molecule has 1 aliphatic heterocycles. The summed E-state index contributed by atoms with van der Waals surface area (Å²) in [5, 5.41) is 9.26. The smallest absolute Gasteiger partial charge is 0.316 e. The second-order valence-corrected chi connectivity index (χ2v) is 7.99. The standard InChI is InChI=1S/C22H40O4/c1-3-5-7-9-18(13-15-23)11-12-21(24)20-17-19(10-8-6-4-2)14-16-26-22(20)25/h18-20,23H,3-17H2,1-2H3. The van der Waals surface area contributed by atoms with Gasteiger partial charge in [0.25, 0.3) is 0 Å². The minimum atomic E-state index is -0.561. The zero-order chi connectivity index (χ0) is 19.2.